The number of aliphatic hydroxyl groups is 1. The number of rotatable bonds is 6. The van der Waals surface area contributed by atoms with Crippen LogP contribution in [0.2, 0.25) is 5.02 Å². The smallest absolute Gasteiger partial charge is 0.315 e. The average molecular weight is 297 g/mol. The van der Waals surface area contributed by atoms with E-state index in [-0.39, 0.29) is 12.6 Å². The fourth-order valence-electron chi connectivity index (χ4n) is 2.31. The van der Waals surface area contributed by atoms with Crippen molar-refractivity contribution < 1.29 is 9.90 Å². The summed E-state index contributed by atoms with van der Waals surface area (Å²) in [4.78, 5) is 11.9. The third-order valence-corrected chi connectivity index (χ3v) is 4.21. The minimum Gasteiger partial charge on any atom is -0.394 e. The van der Waals surface area contributed by atoms with E-state index in [0.29, 0.717) is 23.9 Å². The Balaban J connectivity index is 1.77. The van der Waals surface area contributed by atoms with Crippen molar-refractivity contribution in [3.05, 3.63) is 34.9 Å². The third kappa shape index (κ3) is 3.87. The molecule has 1 atom stereocenters. The molecule has 0 radical (unpaired) electrons. The highest BCUT2D eigenvalue weighted by Crippen LogP contribution is 2.39. The summed E-state index contributed by atoms with van der Waals surface area (Å²) in [7, 11) is 0. The lowest BCUT2D eigenvalue weighted by atomic mass is 9.97. The lowest BCUT2D eigenvalue weighted by molar-refractivity contribution is 0.155. The van der Waals surface area contributed by atoms with Gasteiger partial charge < -0.3 is 15.7 Å². The molecule has 0 aliphatic heterocycles. The number of nitrogens with one attached hydrogen (secondary N) is 2. The van der Waals surface area contributed by atoms with Crippen molar-refractivity contribution in [2.45, 2.75) is 31.7 Å². The first-order valence-electron chi connectivity index (χ1n) is 6.95. The highest BCUT2D eigenvalue weighted by molar-refractivity contribution is 6.31. The topological polar surface area (TPSA) is 61.4 Å². The van der Waals surface area contributed by atoms with Crippen LogP contribution in [-0.2, 0) is 6.42 Å². The van der Waals surface area contributed by atoms with Crippen LogP contribution in [0.1, 0.15) is 25.3 Å². The van der Waals surface area contributed by atoms with Crippen molar-refractivity contribution in [1.82, 2.24) is 10.6 Å². The van der Waals surface area contributed by atoms with Gasteiger partial charge in [-0.15, -0.1) is 0 Å². The van der Waals surface area contributed by atoms with Gasteiger partial charge >= 0.3 is 6.03 Å². The summed E-state index contributed by atoms with van der Waals surface area (Å²) in [5.41, 5.74) is 0.510. The Morgan fingerprint density at radius 1 is 1.45 bits per heavy atom. The Bertz CT molecular complexity index is 477. The van der Waals surface area contributed by atoms with Gasteiger partial charge in [0.15, 0.2) is 0 Å². The predicted molar refractivity (Wildman–Crippen MR) is 79.9 cm³/mol. The molecule has 1 unspecified atom stereocenters. The molecule has 0 bridgehead atoms. The van der Waals surface area contributed by atoms with Gasteiger partial charge in [-0.3, -0.25) is 0 Å². The van der Waals surface area contributed by atoms with Crippen molar-refractivity contribution in [3.8, 4) is 0 Å². The molecule has 1 aromatic rings. The fraction of sp³-hybridized carbons (Fsp3) is 0.533. The second-order valence-electron chi connectivity index (χ2n) is 5.57. The van der Waals surface area contributed by atoms with E-state index in [0.717, 1.165) is 18.4 Å². The van der Waals surface area contributed by atoms with Gasteiger partial charge in [0.25, 0.3) is 0 Å². The van der Waals surface area contributed by atoms with Crippen LogP contribution in [-0.4, -0.2) is 29.8 Å². The molecule has 4 nitrogen and oxygen atoms in total. The van der Waals surface area contributed by atoms with E-state index in [4.69, 9.17) is 11.6 Å². The first kappa shape index (κ1) is 15.1. The van der Waals surface area contributed by atoms with Crippen LogP contribution in [0.25, 0.3) is 0 Å². The summed E-state index contributed by atoms with van der Waals surface area (Å²) in [5, 5.41) is 15.8. The molecule has 0 saturated heterocycles. The van der Waals surface area contributed by atoms with Crippen LogP contribution >= 0.6 is 11.6 Å². The second kappa shape index (κ2) is 6.46. The van der Waals surface area contributed by atoms with E-state index in [9.17, 15) is 9.90 Å². The van der Waals surface area contributed by atoms with E-state index in [1.54, 1.807) is 0 Å². The fourth-order valence-corrected chi connectivity index (χ4v) is 2.54. The van der Waals surface area contributed by atoms with E-state index in [2.05, 4.69) is 10.6 Å². The van der Waals surface area contributed by atoms with Crippen molar-refractivity contribution in [3.63, 3.8) is 0 Å². The van der Waals surface area contributed by atoms with Gasteiger partial charge in [0.05, 0.1) is 12.1 Å². The summed E-state index contributed by atoms with van der Waals surface area (Å²) in [6.45, 7) is 2.37. The molecule has 1 aliphatic rings. The van der Waals surface area contributed by atoms with E-state index in [1.165, 1.54) is 0 Å². The molecule has 3 N–H and O–H groups in total. The van der Waals surface area contributed by atoms with E-state index >= 15 is 0 Å². The lowest BCUT2D eigenvalue weighted by Crippen LogP contribution is -2.54. The number of aliphatic hydroxyl groups excluding tert-OH is 1. The average Bonchev–Trinajstić information content (AvgIpc) is 3.25. The van der Waals surface area contributed by atoms with Gasteiger partial charge in [-0.2, -0.15) is 0 Å². The molecule has 20 heavy (non-hydrogen) atoms. The molecule has 1 aliphatic carbocycles. The summed E-state index contributed by atoms with van der Waals surface area (Å²) in [6, 6.07) is 7.36. The number of hydrogen-bond donors (Lipinski definition) is 3. The van der Waals surface area contributed by atoms with Crippen LogP contribution < -0.4 is 10.6 Å². The number of benzene rings is 1. The molecule has 1 fully saturated rings. The normalized spacial score (nSPS) is 17.4. The monoisotopic (exact) mass is 296 g/mol. The van der Waals surface area contributed by atoms with Gasteiger partial charge in [-0.05, 0) is 43.7 Å². The molecule has 2 amide bonds. The molecule has 0 aromatic heterocycles. The van der Waals surface area contributed by atoms with Crippen LogP contribution in [0.15, 0.2) is 24.3 Å². The predicted octanol–water partition coefficient (Wildman–Crippen LogP) is 2.34. The first-order chi connectivity index (χ1) is 9.55. The van der Waals surface area contributed by atoms with Crippen molar-refractivity contribution in [2.75, 3.05) is 13.2 Å². The Labute approximate surface area is 124 Å². The van der Waals surface area contributed by atoms with E-state index < -0.39 is 5.54 Å². The zero-order valence-electron chi connectivity index (χ0n) is 11.7. The summed E-state index contributed by atoms with van der Waals surface area (Å²) < 4.78 is 0. The van der Waals surface area contributed by atoms with Gasteiger partial charge in [0.1, 0.15) is 0 Å². The van der Waals surface area contributed by atoms with Gasteiger partial charge in [-0.1, -0.05) is 29.8 Å². The maximum Gasteiger partial charge on any atom is 0.315 e. The molecule has 5 heteroatoms. The number of amides is 2. The Morgan fingerprint density at radius 2 is 2.15 bits per heavy atom. The quantitative estimate of drug-likeness (QED) is 0.754. The summed E-state index contributed by atoms with van der Waals surface area (Å²) in [5.74, 6) is 0.391. The molecule has 0 heterocycles. The molecule has 1 aromatic carbocycles. The summed E-state index contributed by atoms with van der Waals surface area (Å²) >= 11 is 6.06. The van der Waals surface area contributed by atoms with Crippen LogP contribution in [0.5, 0.6) is 0 Å². The maximum absolute atomic E-state index is 11.9. The van der Waals surface area contributed by atoms with Crippen molar-refractivity contribution in [2.24, 2.45) is 5.92 Å². The maximum atomic E-state index is 11.9. The van der Waals surface area contributed by atoms with Crippen molar-refractivity contribution >= 4 is 17.6 Å². The first-order valence-corrected chi connectivity index (χ1v) is 7.33. The lowest BCUT2D eigenvalue weighted by Gasteiger charge is -2.28. The zero-order chi connectivity index (χ0) is 14.6. The van der Waals surface area contributed by atoms with Crippen LogP contribution in [0.3, 0.4) is 0 Å². The molecule has 2 rings (SSSR count). The Hall–Kier alpha value is -1.26. The van der Waals surface area contributed by atoms with E-state index in [1.807, 2.05) is 31.2 Å². The van der Waals surface area contributed by atoms with Gasteiger partial charge in [0, 0.05) is 11.6 Å². The number of carbonyl (C=O) groups is 1. The number of carbonyl (C=O) groups excluding carboxylic acids is 1. The highest BCUT2D eigenvalue weighted by Gasteiger charge is 2.42. The number of hydrogen-bond acceptors (Lipinski definition) is 2. The van der Waals surface area contributed by atoms with Crippen LogP contribution in [0.4, 0.5) is 4.79 Å². The molecular weight excluding hydrogens is 276 g/mol. The van der Waals surface area contributed by atoms with Crippen molar-refractivity contribution in [1.29, 1.82) is 0 Å². The number of halogens is 1. The Kier molecular flexibility index (Phi) is 4.89. The number of urea groups is 1. The largest absolute Gasteiger partial charge is 0.394 e. The zero-order valence-corrected chi connectivity index (χ0v) is 12.4. The Morgan fingerprint density at radius 3 is 2.75 bits per heavy atom. The molecule has 110 valence electrons. The third-order valence-electron chi connectivity index (χ3n) is 3.84. The molecule has 1 saturated carbocycles. The van der Waals surface area contributed by atoms with Gasteiger partial charge in [0.2, 0.25) is 0 Å². The molecule has 0 spiro atoms. The molecular formula is C15H21ClN2O2. The SMILES string of the molecule is CC(CO)(NC(=O)NCCc1ccccc1Cl)C1CC1. The minimum atomic E-state index is -0.505. The summed E-state index contributed by atoms with van der Waals surface area (Å²) in [6.07, 6.45) is 2.82. The minimum absolute atomic E-state index is 0.0321. The van der Waals surface area contributed by atoms with Crippen LogP contribution in [0, 0.1) is 5.92 Å². The standard InChI is InChI=1S/C15H21ClN2O2/c1-15(10-19,12-6-7-12)18-14(20)17-9-8-11-4-2-3-5-13(11)16/h2-5,12,19H,6-10H2,1H3,(H2,17,18,20). The van der Waals surface area contributed by atoms with Gasteiger partial charge in [-0.25, -0.2) is 4.79 Å². The highest BCUT2D eigenvalue weighted by atomic mass is 35.5. The second-order valence-corrected chi connectivity index (χ2v) is 5.98.